The standard InChI is InChI=1S/C16H19NO2/c18-15(17-9-16(19,10-17)14-6-7-14)13-5-4-11-2-1-3-12(11)8-13/h4-5,8,14,19H,1-3,6-7,9-10H2. The van der Waals surface area contributed by atoms with E-state index in [0.29, 0.717) is 19.0 Å². The first-order valence-corrected chi connectivity index (χ1v) is 7.29. The second kappa shape index (κ2) is 3.83. The summed E-state index contributed by atoms with van der Waals surface area (Å²) in [6, 6.07) is 6.10. The first-order chi connectivity index (χ1) is 9.16. The van der Waals surface area contributed by atoms with Crippen LogP contribution in [0.15, 0.2) is 18.2 Å². The van der Waals surface area contributed by atoms with Crippen LogP contribution in [0.1, 0.15) is 40.7 Å². The van der Waals surface area contributed by atoms with Gasteiger partial charge in [0.25, 0.3) is 5.91 Å². The summed E-state index contributed by atoms with van der Waals surface area (Å²) in [5.41, 5.74) is 2.95. The largest absolute Gasteiger partial charge is 0.386 e. The van der Waals surface area contributed by atoms with Gasteiger partial charge in [0.15, 0.2) is 0 Å². The first-order valence-electron chi connectivity index (χ1n) is 7.29. The van der Waals surface area contributed by atoms with Gasteiger partial charge < -0.3 is 10.0 Å². The number of benzene rings is 1. The molecule has 2 fully saturated rings. The number of rotatable bonds is 2. The Bertz CT molecular complexity index is 542. The fourth-order valence-electron chi connectivity index (χ4n) is 3.52. The van der Waals surface area contributed by atoms with Crippen molar-refractivity contribution in [2.75, 3.05) is 13.1 Å². The fourth-order valence-corrected chi connectivity index (χ4v) is 3.52. The monoisotopic (exact) mass is 257 g/mol. The molecule has 3 heteroatoms. The van der Waals surface area contributed by atoms with Crippen molar-refractivity contribution in [2.45, 2.75) is 37.7 Å². The number of aryl methyl sites for hydroxylation is 2. The summed E-state index contributed by atoms with van der Waals surface area (Å²) in [5.74, 6) is 0.525. The number of carbonyl (C=O) groups excluding carboxylic acids is 1. The minimum atomic E-state index is -0.577. The predicted molar refractivity (Wildman–Crippen MR) is 72.0 cm³/mol. The molecule has 1 aromatic rings. The number of carbonyl (C=O) groups is 1. The molecule has 4 rings (SSSR count). The van der Waals surface area contributed by atoms with Crippen molar-refractivity contribution in [3.05, 3.63) is 34.9 Å². The van der Waals surface area contributed by atoms with Gasteiger partial charge >= 0.3 is 0 Å². The zero-order valence-corrected chi connectivity index (χ0v) is 11.1. The van der Waals surface area contributed by atoms with Gasteiger partial charge in [0.05, 0.1) is 13.1 Å². The van der Waals surface area contributed by atoms with Gasteiger partial charge in [0.1, 0.15) is 5.60 Å². The highest BCUT2D eigenvalue weighted by Crippen LogP contribution is 2.44. The Morgan fingerprint density at radius 2 is 1.95 bits per heavy atom. The van der Waals surface area contributed by atoms with E-state index in [-0.39, 0.29) is 5.91 Å². The van der Waals surface area contributed by atoms with Crippen molar-refractivity contribution in [2.24, 2.45) is 5.92 Å². The summed E-state index contributed by atoms with van der Waals surface area (Å²) in [6.45, 7) is 1.04. The molecule has 3 aliphatic rings. The van der Waals surface area contributed by atoms with Gasteiger partial charge in [0.2, 0.25) is 0 Å². The van der Waals surface area contributed by atoms with E-state index in [1.54, 1.807) is 4.90 Å². The molecule has 0 aromatic heterocycles. The normalized spacial score (nSPS) is 23.9. The lowest BCUT2D eigenvalue weighted by Crippen LogP contribution is -2.64. The molecule has 0 radical (unpaired) electrons. The molecule has 0 bridgehead atoms. The molecule has 0 unspecified atom stereocenters. The maximum Gasteiger partial charge on any atom is 0.254 e. The highest BCUT2D eigenvalue weighted by molar-refractivity contribution is 5.95. The average molecular weight is 257 g/mol. The van der Waals surface area contributed by atoms with Crippen molar-refractivity contribution in [1.29, 1.82) is 0 Å². The number of likely N-dealkylation sites (tertiary alicyclic amines) is 1. The van der Waals surface area contributed by atoms with Crippen LogP contribution in [0.4, 0.5) is 0 Å². The highest BCUT2D eigenvalue weighted by atomic mass is 16.3. The number of β-amino-alcohol motifs (C(OH)–C–C–N with tert-alkyl or cyclic N) is 1. The van der Waals surface area contributed by atoms with Crippen molar-refractivity contribution in [1.82, 2.24) is 4.90 Å². The molecule has 3 nitrogen and oxygen atoms in total. The molecule has 2 aliphatic carbocycles. The number of aliphatic hydroxyl groups is 1. The van der Waals surface area contributed by atoms with Crippen LogP contribution in [0.5, 0.6) is 0 Å². The topological polar surface area (TPSA) is 40.5 Å². The summed E-state index contributed by atoms with van der Waals surface area (Å²) in [7, 11) is 0. The lowest BCUT2D eigenvalue weighted by Gasteiger charge is -2.47. The lowest BCUT2D eigenvalue weighted by atomic mass is 9.88. The van der Waals surface area contributed by atoms with E-state index in [0.717, 1.165) is 31.2 Å². The minimum absolute atomic E-state index is 0.0834. The maximum atomic E-state index is 12.4. The first kappa shape index (κ1) is 11.5. The van der Waals surface area contributed by atoms with Crippen LogP contribution in [-0.2, 0) is 12.8 Å². The summed E-state index contributed by atoms with van der Waals surface area (Å²) >= 11 is 0. The van der Waals surface area contributed by atoms with Crippen molar-refractivity contribution >= 4 is 5.91 Å². The number of nitrogens with zero attached hydrogens (tertiary/aromatic N) is 1. The molecule has 1 amide bonds. The van der Waals surface area contributed by atoms with Gasteiger partial charge in [-0.1, -0.05) is 6.07 Å². The van der Waals surface area contributed by atoms with Gasteiger partial charge in [-0.25, -0.2) is 0 Å². The third-order valence-corrected chi connectivity index (χ3v) is 4.90. The van der Waals surface area contributed by atoms with Gasteiger partial charge in [-0.3, -0.25) is 4.79 Å². The summed E-state index contributed by atoms with van der Waals surface area (Å²) < 4.78 is 0. The Morgan fingerprint density at radius 1 is 1.21 bits per heavy atom. The second-order valence-electron chi connectivity index (χ2n) is 6.38. The second-order valence-corrected chi connectivity index (χ2v) is 6.38. The van der Waals surface area contributed by atoms with E-state index in [9.17, 15) is 9.90 Å². The predicted octanol–water partition coefficient (Wildman–Crippen LogP) is 1.77. The zero-order chi connectivity index (χ0) is 13.0. The molecular weight excluding hydrogens is 238 g/mol. The molecule has 19 heavy (non-hydrogen) atoms. The molecule has 100 valence electrons. The number of amides is 1. The number of hydrogen-bond donors (Lipinski definition) is 1. The van der Waals surface area contributed by atoms with Crippen molar-refractivity contribution in [3.8, 4) is 0 Å². The van der Waals surface area contributed by atoms with Crippen LogP contribution in [0, 0.1) is 5.92 Å². The molecular formula is C16H19NO2. The van der Waals surface area contributed by atoms with Crippen LogP contribution < -0.4 is 0 Å². The fraction of sp³-hybridized carbons (Fsp3) is 0.562. The van der Waals surface area contributed by atoms with Crippen molar-refractivity contribution < 1.29 is 9.90 Å². The smallest absolute Gasteiger partial charge is 0.254 e. The Hall–Kier alpha value is -1.35. The summed E-state index contributed by atoms with van der Waals surface area (Å²) in [6.07, 6.45) is 5.70. The van der Waals surface area contributed by atoms with Crippen LogP contribution in [0.3, 0.4) is 0 Å². The maximum absolute atomic E-state index is 12.4. The Morgan fingerprint density at radius 3 is 2.68 bits per heavy atom. The third kappa shape index (κ3) is 1.79. The van der Waals surface area contributed by atoms with Gasteiger partial charge in [0, 0.05) is 5.56 Å². The Labute approximate surface area is 113 Å². The molecule has 0 atom stereocenters. The number of hydrogen-bond acceptors (Lipinski definition) is 2. The zero-order valence-electron chi connectivity index (χ0n) is 11.1. The summed E-state index contributed by atoms with van der Waals surface area (Å²) in [5, 5.41) is 10.3. The average Bonchev–Trinajstić information content (AvgIpc) is 3.12. The van der Waals surface area contributed by atoms with E-state index in [1.165, 1.54) is 17.5 Å². The van der Waals surface area contributed by atoms with Crippen LogP contribution >= 0.6 is 0 Å². The van der Waals surface area contributed by atoms with Crippen LogP contribution in [-0.4, -0.2) is 34.6 Å². The molecule has 1 saturated carbocycles. The third-order valence-electron chi connectivity index (χ3n) is 4.90. The Kier molecular flexibility index (Phi) is 2.31. The lowest BCUT2D eigenvalue weighted by molar-refractivity contribution is -0.0958. The van der Waals surface area contributed by atoms with E-state index < -0.39 is 5.60 Å². The molecule has 1 aliphatic heterocycles. The highest BCUT2D eigenvalue weighted by Gasteiger charge is 2.53. The van der Waals surface area contributed by atoms with Gasteiger partial charge in [-0.15, -0.1) is 0 Å². The molecule has 0 spiro atoms. The molecule has 1 saturated heterocycles. The molecule has 1 N–H and O–H groups in total. The SMILES string of the molecule is O=C(c1ccc2c(c1)CCC2)N1CC(O)(C2CC2)C1. The van der Waals surface area contributed by atoms with E-state index in [1.807, 2.05) is 6.07 Å². The van der Waals surface area contributed by atoms with Gasteiger partial charge in [-0.2, -0.15) is 0 Å². The van der Waals surface area contributed by atoms with Crippen LogP contribution in [0.25, 0.3) is 0 Å². The van der Waals surface area contributed by atoms with E-state index in [2.05, 4.69) is 12.1 Å². The number of fused-ring (bicyclic) bond motifs is 1. The quantitative estimate of drug-likeness (QED) is 0.877. The van der Waals surface area contributed by atoms with E-state index in [4.69, 9.17) is 0 Å². The Balaban J connectivity index is 1.49. The van der Waals surface area contributed by atoms with Crippen LogP contribution in [0.2, 0.25) is 0 Å². The molecule has 1 aromatic carbocycles. The molecule has 1 heterocycles. The minimum Gasteiger partial charge on any atom is -0.386 e. The van der Waals surface area contributed by atoms with Crippen molar-refractivity contribution in [3.63, 3.8) is 0 Å². The van der Waals surface area contributed by atoms with Gasteiger partial charge in [-0.05, 0) is 61.3 Å². The summed E-state index contributed by atoms with van der Waals surface area (Å²) in [4.78, 5) is 14.2. The van der Waals surface area contributed by atoms with E-state index >= 15 is 0 Å².